The van der Waals surface area contributed by atoms with E-state index in [0.717, 1.165) is 28.8 Å². The summed E-state index contributed by atoms with van der Waals surface area (Å²) < 4.78 is 19.0. The molecule has 1 aliphatic carbocycles. The van der Waals surface area contributed by atoms with Crippen LogP contribution in [0.5, 0.6) is 5.75 Å². The van der Waals surface area contributed by atoms with Crippen LogP contribution in [0.3, 0.4) is 0 Å². The molecule has 4 nitrogen and oxygen atoms in total. The van der Waals surface area contributed by atoms with Crippen molar-refractivity contribution >= 4 is 11.6 Å². The summed E-state index contributed by atoms with van der Waals surface area (Å²) in [7, 11) is 0. The molecular weight excluding hydrogens is 355 g/mol. The lowest BCUT2D eigenvalue weighted by Crippen LogP contribution is -2.15. The Kier molecular flexibility index (Phi) is 5.06. The van der Waals surface area contributed by atoms with Gasteiger partial charge in [-0.05, 0) is 72.4 Å². The Morgan fingerprint density at radius 2 is 2.11 bits per heavy atom. The van der Waals surface area contributed by atoms with Crippen LogP contribution in [-0.4, -0.2) is 10.9 Å². The molecule has 5 heteroatoms. The number of hydrogen-bond acceptors (Lipinski definition) is 3. The highest BCUT2D eigenvalue weighted by Crippen LogP contribution is 2.47. The number of pyridine rings is 1. The maximum atomic E-state index is 13.2. The van der Waals surface area contributed by atoms with Gasteiger partial charge >= 0.3 is 0 Å². The van der Waals surface area contributed by atoms with Crippen LogP contribution in [0, 0.1) is 18.7 Å². The summed E-state index contributed by atoms with van der Waals surface area (Å²) in [6.45, 7) is 2.22. The predicted octanol–water partition coefficient (Wildman–Crippen LogP) is 4.85. The van der Waals surface area contributed by atoms with Gasteiger partial charge in [0.1, 0.15) is 18.2 Å². The second-order valence-corrected chi connectivity index (χ2v) is 7.12. The Bertz CT molecular complexity index is 991. The van der Waals surface area contributed by atoms with Crippen LogP contribution in [0.4, 0.5) is 10.1 Å². The fourth-order valence-electron chi connectivity index (χ4n) is 3.33. The Balaban J connectivity index is 1.35. The molecule has 3 aromatic rings. The molecule has 1 aromatic heterocycles. The molecule has 0 spiro atoms. The average molecular weight is 376 g/mol. The summed E-state index contributed by atoms with van der Waals surface area (Å²) in [4.78, 5) is 16.7. The van der Waals surface area contributed by atoms with Gasteiger partial charge in [0.05, 0.1) is 0 Å². The van der Waals surface area contributed by atoms with Crippen molar-refractivity contribution in [1.29, 1.82) is 0 Å². The highest BCUT2D eigenvalue weighted by Gasteiger charge is 2.44. The lowest BCUT2D eigenvalue weighted by molar-refractivity contribution is -0.117. The fraction of sp³-hybridized carbons (Fsp3) is 0.217. The third kappa shape index (κ3) is 4.19. The van der Waals surface area contributed by atoms with Gasteiger partial charge in [0.2, 0.25) is 5.91 Å². The second-order valence-electron chi connectivity index (χ2n) is 7.12. The molecule has 1 N–H and O–H groups in total. The van der Waals surface area contributed by atoms with Gasteiger partial charge in [-0.1, -0.05) is 18.2 Å². The number of carbonyl (C=O) groups is 1. The molecule has 2 atom stereocenters. The van der Waals surface area contributed by atoms with E-state index in [9.17, 15) is 9.18 Å². The molecular formula is C23H21FN2O2. The normalized spacial score (nSPS) is 17.8. The molecule has 0 saturated heterocycles. The summed E-state index contributed by atoms with van der Waals surface area (Å²) in [6, 6.07) is 15.8. The number of aromatic nitrogens is 1. The van der Waals surface area contributed by atoms with Gasteiger partial charge in [-0.25, -0.2) is 4.39 Å². The monoisotopic (exact) mass is 376 g/mol. The van der Waals surface area contributed by atoms with E-state index < -0.39 is 0 Å². The molecule has 1 aliphatic rings. The van der Waals surface area contributed by atoms with E-state index in [1.165, 1.54) is 12.1 Å². The first kappa shape index (κ1) is 18.2. The number of aryl methyl sites for hydroxylation is 1. The van der Waals surface area contributed by atoms with Crippen molar-refractivity contribution in [3.8, 4) is 5.75 Å². The molecule has 0 aliphatic heterocycles. The van der Waals surface area contributed by atoms with Gasteiger partial charge in [-0.2, -0.15) is 0 Å². The van der Waals surface area contributed by atoms with E-state index >= 15 is 0 Å². The molecule has 2 aromatic carbocycles. The topological polar surface area (TPSA) is 51.2 Å². The van der Waals surface area contributed by atoms with E-state index in [-0.39, 0.29) is 30.2 Å². The van der Waals surface area contributed by atoms with Crippen molar-refractivity contribution in [2.45, 2.75) is 25.9 Å². The van der Waals surface area contributed by atoms with Gasteiger partial charge < -0.3 is 10.1 Å². The van der Waals surface area contributed by atoms with Crippen LogP contribution < -0.4 is 10.1 Å². The zero-order valence-electron chi connectivity index (χ0n) is 15.6. The molecule has 4 rings (SSSR count). The first-order chi connectivity index (χ1) is 13.6. The van der Waals surface area contributed by atoms with E-state index in [1.807, 2.05) is 49.5 Å². The van der Waals surface area contributed by atoms with Gasteiger partial charge in [0.25, 0.3) is 0 Å². The summed E-state index contributed by atoms with van der Waals surface area (Å²) in [5, 5.41) is 3.02. The largest absolute Gasteiger partial charge is 0.489 e. The van der Waals surface area contributed by atoms with Gasteiger partial charge in [-0.15, -0.1) is 0 Å². The number of benzene rings is 2. The minimum atomic E-state index is -0.278. The first-order valence-electron chi connectivity index (χ1n) is 9.29. The van der Waals surface area contributed by atoms with Crippen LogP contribution >= 0.6 is 0 Å². The second kappa shape index (κ2) is 7.80. The van der Waals surface area contributed by atoms with Gasteiger partial charge in [0.15, 0.2) is 0 Å². The number of ether oxygens (including phenoxy) is 1. The number of halogens is 1. The molecule has 1 heterocycles. The minimum Gasteiger partial charge on any atom is -0.489 e. The molecule has 2 unspecified atom stereocenters. The van der Waals surface area contributed by atoms with Crippen molar-refractivity contribution in [1.82, 2.24) is 4.98 Å². The van der Waals surface area contributed by atoms with Crippen LogP contribution in [0.15, 0.2) is 67.0 Å². The lowest BCUT2D eigenvalue weighted by atomic mass is 10.1. The Morgan fingerprint density at radius 1 is 1.21 bits per heavy atom. The molecule has 142 valence electrons. The number of rotatable bonds is 6. The molecule has 1 saturated carbocycles. The molecule has 1 fully saturated rings. The third-order valence-corrected chi connectivity index (χ3v) is 4.99. The van der Waals surface area contributed by atoms with Crippen molar-refractivity contribution in [2.75, 3.05) is 5.32 Å². The summed E-state index contributed by atoms with van der Waals surface area (Å²) >= 11 is 0. The Hall–Kier alpha value is -3.21. The zero-order valence-corrected chi connectivity index (χ0v) is 15.6. The molecule has 28 heavy (non-hydrogen) atoms. The predicted molar refractivity (Wildman–Crippen MR) is 106 cm³/mol. The number of anilines is 1. The summed E-state index contributed by atoms with van der Waals surface area (Å²) in [5.41, 5.74) is 3.58. The average Bonchev–Trinajstić information content (AvgIpc) is 3.50. The maximum absolute atomic E-state index is 13.2. The molecule has 1 amide bonds. The number of nitrogens with zero attached hydrogens (tertiary/aromatic N) is 1. The molecule has 0 bridgehead atoms. The number of amides is 1. The number of carbonyl (C=O) groups excluding carboxylic acids is 1. The maximum Gasteiger partial charge on any atom is 0.228 e. The van der Waals surface area contributed by atoms with E-state index in [2.05, 4.69) is 10.3 Å². The van der Waals surface area contributed by atoms with Crippen molar-refractivity contribution < 1.29 is 13.9 Å². The van der Waals surface area contributed by atoms with E-state index in [0.29, 0.717) is 5.75 Å². The van der Waals surface area contributed by atoms with Crippen molar-refractivity contribution in [3.05, 3.63) is 89.5 Å². The van der Waals surface area contributed by atoms with Crippen LogP contribution in [0.2, 0.25) is 0 Å². The highest BCUT2D eigenvalue weighted by atomic mass is 19.1. The Labute approximate surface area is 163 Å². The summed E-state index contributed by atoms with van der Waals surface area (Å²) in [5.74, 6) is 0.681. The Morgan fingerprint density at radius 3 is 2.86 bits per heavy atom. The number of nitrogens with one attached hydrogen (secondary N) is 1. The standard InChI is InChI=1S/C23H21FN2O2/c1-15-10-19(28-14-16-4-2-6-18(24)11-16)7-8-22(15)26-23(27)21-12-20(21)17-5-3-9-25-13-17/h2-11,13,20-21H,12,14H2,1H3,(H,26,27). The lowest BCUT2D eigenvalue weighted by Gasteiger charge is -2.12. The quantitative estimate of drug-likeness (QED) is 0.669. The minimum absolute atomic E-state index is 0.00694. The number of hydrogen-bond donors (Lipinski definition) is 1. The van der Waals surface area contributed by atoms with Gasteiger partial charge in [0, 0.05) is 24.0 Å². The zero-order chi connectivity index (χ0) is 19.5. The fourth-order valence-corrected chi connectivity index (χ4v) is 3.33. The van der Waals surface area contributed by atoms with E-state index in [4.69, 9.17) is 4.74 Å². The van der Waals surface area contributed by atoms with E-state index in [1.54, 1.807) is 12.3 Å². The summed E-state index contributed by atoms with van der Waals surface area (Å²) in [6.07, 6.45) is 4.42. The third-order valence-electron chi connectivity index (χ3n) is 4.99. The SMILES string of the molecule is Cc1cc(OCc2cccc(F)c2)ccc1NC(=O)C1CC1c1cccnc1. The van der Waals surface area contributed by atoms with Crippen LogP contribution in [0.25, 0.3) is 0 Å². The van der Waals surface area contributed by atoms with Crippen LogP contribution in [-0.2, 0) is 11.4 Å². The van der Waals surface area contributed by atoms with Crippen LogP contribution in [0.1, 0.15) is 29.0 Å². The van der Waals surface area contributed by atoms with Gasteiger partial charge in [-0.3, -0.25) is 9.78 Å². The first-order valence-corrected chi connectivity index (χ1v) is 9.29. The highest BCUT2D eigenvalue weighted by molar-refractivity contribution is 5.95. The smallest absolute Gasteiger partial charge is 0.228 e. The van der Waals surface area contributed by atoms with Crippen molar-refractivity contribution in [3.63, 3.8) is 0 Å². The molecule has 0 radical (unpaired) electrons. The van der Waals surface area contributed by atoms with Crippen molar-refractivity contribution in [2.24, 2.45) is 5.92 Å².